The van der Waals surface area contributed by atoms with Gasteiger partial charge in [-0.3, -0.25) is 4.79 Å². The van der Waals surface area contributed by atoms with Crippen LogP contribution in [0.5, 0.6) is 5.75 Å². The monoisotopic (exact) mass is 407 g/mol. The van der Waals surface area contributed by atoms with Crippen LogP contribution in [0.3, 0.4) is 0 Å². The van der Waals surface area contributed by atoms with Crippen molar-refractivity contribution in [3.63, 3.8) is 0 Å². The number of esters is 1. The maximum absolute atomic E-state index is 13.0. The molecule has 1 amide bonds. The quantitative estimate of drug-likeness (QED) is 0.571. The molecule has 0 spiro atoms. The lowest BCUT2D eigenvalue weighted by Crippen LogP contribution is -2.21. The highest BCUT2D eigenvalue weighted by Gasteiger charge is 2.13. The fourth-order valence-electron chi connectivity index (χ4n) is 2.86. The zero-order valence-electron chi connectivity index (χ0n) is 16.8. The Bertz CT molecular complexity index is 1030. The number of carbonyl (C=O) groups is 2. The Balaban J connectivity index is 1.54. The fraction of sp³-hybridized carbons (Fsp3) is 0.167. The number of halogens is 1. The van der Waals surface area contributed by atoms with E-state index < -0.39 is 18.5 Å². The van der Waals surface area contributed by atoms with E-state index in [4.69, 9.17) is 9.47 Å². The van der Waals surface area contributed by atoms with Gasteiger partial charge in [0.15, 0.2) is 6.61 Å². The Morgan fingerprint density at radius 2 is 1.60 bits per heavy atom. The molecule has 3 aromatic carbocycles. The molecule has 0 aliphatic rings. The molecule has 0 aliphatic carbocycles. The predicted octanol–water partition coefficient (Wildman–Crippen LogP) is 4.82. The Labute approximate surface area is 174 Å². The first kappa shape index (κ1) is 21.0. The molecule has 0 aromatic heterocycles. The summed E-state index contributed by atoms with van der Waals surface area (Å²) >= 11 is 0. The summed E-state index contributed by atoms with van der Waals surface area (Å²) in [6, 6.07) is 18.1. The highest BCUT2D eigenvalue weighted by Crippen LogP contribution is 2.19. The summed E-state index contributed by atoms with van der Waals surface area (Å²) in [6.45, 7) is 3.63. The van der Waals surface area contributed by atoms with Gasteiger partial charge in [-0.15, -0.1) is 0 Å². The van der Waals surface area contributed by atoms with E-state index in [0.717, 1.165) is 22.4 Å². The standard InChI is InChI=1S/C24H22FNO4/c1-16-5-3-6-17(2)23(16)26-22(27)15-30-24(28)19-7-4-8-21(13-19)29-14-18-9-11-20(25)12-10-18/h3-13H,14-15H2,1-2H3,(H,26,27). The molecule has 0 saturated carbocycles. The first-order chi connectivity index (χ1) is 14.4. The van der Waals surface area contributed by atoms with Crippen molar-refractivity contribution in [3.05, 3.63) is 94.8 Å². The largest absolute Gasteiger partial charge is 0.489 e. The second kappa shape index (κ2) is 9.69. The van der Waals surface area contributed by atoms with Gasteiger partial charge in [-0.2, -0.15) is 0 Å². The van der Waals surface area contributed by atoms with Crippen LogP contribution in [0.25, 0.3) is 0 Å². The second-order valence-electron chi connectivity index (χ2n) is 6.83. The van der Waals surface area contributed by atoms with Crippen LogP contribution in [0.2, 0.25) is 0 Å². The van der Waals surface area contributed by atoms with E-state index in [1.165, 1.54) is 18.2 Å². The number of ether oxygens (including phenoxy) is 2. The molecule has 0 unspecified atom stereocenters. The highest BCUT2D eigenvalue weighted by atomic mass is 19.1. The lowest BCUT2D eigenvalue weighted by molar-refractivity contribution is -0.119. The molecule has 0 fully saturated rings. The molecule has 5 nitrogen and oxygen atoms in total. The minimum absolute atomic E-state index is 0.233. The van der Waals surface area contributed by atoms with Gasteiger partial charge in [-0.1, -0.05) is 36.4 Å². The molecule has 0 heterocycles. The van der Waals surface area contributed by atoms with Gasteiger partial charge >= 0.3 is 5.97 Å². The maximum atomic E-state index is 13.0. The van der Waals surface area contributed by atoms with Crippen molar-refractivity contribution >= 4 is 17.6 Å². The minimum Gasteiger partial charge on any atom is -0.489 e. The van der Waals surface area contributed by atoms with E-state index in [1.54, 1.807) is 30.3 Å². The maximum Gasteiger partial charge on any atom is 0.338 e. The number of amides is 1. The summed E-state index contributed by atoms with van der Waals surface area (Å²) < 4.78 is 23.7. The van der Waals surface area contributed by atoms with Crippen LogP contribution in [0.1, 0.15) is 27.0 Å². The van der Waals surface area contributed by atoms with Crippen LogP contribution >= 0.6 is 0 Å². The molecule has 30 heavy (non-hydrogen) atoms. The highest BCUT2D eigenvalue weighted by molar-refractivity contribution is 5.96. The smallest absolute Gasteiger partial charge is 0.338 e. The normalized spacial score (nSPS) is 10.4. The van der Waals surface area contributed by atoms with Crippen LogP contribution in [0, 0.1) is 19.7 Å². The SMILES string of the molecule is Cc1cccc(C)c1NC(=O)COC(=O)c1cccc(OCc2ccc(F)cc2)c1. The third-order valence-corrected chi connectivity index (χ3v) is 4.47. The van der Waals surface area contributed by atoms with Crippen LogP contribution in [-0.4, -0.2) is 18.5 Å². The lowest BCUT2D eigenvalue weighted by Gasteiger charge is -2.12. The number of rotatable bonds is 7. The minimum atomic E-state index is -0.626. The van der Waals surface area contributed by atoms with Crippen molar-refractivity contribution in [1.82, 2.24) is 0 Å². The van der Waals surface area contributed by atoms with Crippen LogP contribution in [0.4, 0.5) is 10.1 Å². The summed E-state index contributed by atoms with van der Waals surface area (Å²) in [5.41, 5.74) is 3.65. The molecular weight excluding hydrogens is 385 g/mol. The van der Waals surface area contributed by atoms with E-state index in [0.29, 0.717) is 5.75 Å². The Morgan fingerprint density at radius 3 is 2.30 bits per heavy atom. The summed E-state index contributed by atoms with van der Waals surface area (Å²) in [5, 5.41) is 2.77. The van der Waals surface area contributed by atoms with Crippen molar-refractivity contribution in [3.8, 4) is 5.75 Å². The topological polar surface area (TPSA) is 64.6 Å². The third kappa shape index (κ3) is 5.67. The van der Waals surface area contributed by atoms with Crippen LogP contribution < -0.4 is 10.1 Å². The van der Waals surface area contributed by atoms with Crippen molar-refractivity contribution < 1.29 is 23.5 Å². The zero-order chi connectivity index (χ0) is 21.5. The fourth-order valence-corrected chi connectivity index (χ4v) is 2.86. The van der Waals surface area contributed by atoms with Crippen molar-refractivity contribution in [2.75, 3.05) is 11.9 Å². The van der Waals surface area contributed by atoms with Gasteiger partial charge in [-0.05, 0) is 60.9 Å². The molecular formula is C24H22FNO4. The molecule has 0 atom stereocenters. The average molecular weight is 407 g/mol. The molecule has 3 aromatic rings. The third-order valence-electron chi connectivity index (χ3n) is 4.47. The lowest BCUT2D eigenvalue weighted by atomic mass is 10.1. The number of hydrogen-bond donors (Lipinski definition) is 1. The van der Waals surface area contributed by atoms with Crippen molar-refractivity contribution in [2.45, 2.75) is 20.5 Å². The number of anilines is 1. The summed E-state index contributed by atoms with van der Waals surface area (Å²) in [7, 11) is 0. The number of benzene rings is 3. The van der Waals surface area contributed by atoms with E-state index >= 15 is 0 Å². The molecule has 0 saturated heterocycles. The molecule has 1 N–H and O–H groups in total. The summed E-state index contributed by atoms with van der Waals surface area (Å²) in [4.78, 5) is 24.5. The van der Waals surface area contributed by atoms with Gasteiger partial charge in [0.05, 0.1) is 5.56 Å². The summed E-state index contributed by atoms with van der Waals surface area (Å²) in [5.74, 6) is -0.887. The first-order valence-corrected chi connectivity index (χ1v) is 9.43. The Kier molecular flexibility index (Phi) is 6.80. The number of aryl methyl sites for hydroxylation is 2. The molecule has 3 rings (SSSR count). The molecule has 0 radical (unpaired) electrons. The second-order valence-corrected chi connectivity index (χ2v) is 6.83. The number of nitrogens with one attached hydrogen (secondary N) is 1. The number of hydrogen-bond acceptors (Lipinski definition) is 4. The Morgan fingerprint density at radius 1 is 0.933 bits per heavy atom. The molecule has 6 heteroatoms. The van der Waals surface area contributed by atoms with Crippen molar-refractivity contribution in [1.29, 1.82) is 0 Å². The van der Waals surface area contributed by atoms with Gasteiger partial charge in [-0.25, -0.2) is 9.18 Å². The van der Waals surface area contributed by atoms with Crippen LogP contribution in [-0.2, 0) is 16.1 Å². The molecule has 0 aliphatic heterocycles. The molecule has 154 valence electrons. The van der Waals surface area contributed by atoms with Gasteiger partial charge in [0.1, 0.15) is 18.2 Å². The number of para-hydroxylation sites is 1. The first-order valence-electron chi connectivity index (χ1n) is 9.43. The van der Waals surface area contributed by atoms with Gasteiger partial charge < -0.3 is 14.8 Å². The number of carbonyl (C=O) groups excluding carboxylic acids is 2. The average Bonchev–Trinajstić information content (AvgIpc) is 2.74. The van der Waals surface area contributed by atoms with Gasteiger partial charge in [0.2, 0.25) is 0 Å². The van der Waals surface area contributed by atoms with E-state index in [2.05, 4.69) is 5.32 Å². The summed E-state index contributed by atoms with van der Waals surface area (Å²) in [6.07, 6.45) is 0. The zero-order valence-corrected chi connectivity index (χ0v) is 16.8. The van der Waals surface area contributed by atoms with Crippen LogP contribution in [0.15, 0.2) is 66.7 Å². The van der Waals surface area contributed by atoms with E-state index in [-0.39, 0.29) is 18.0 Å². The van der Waals surface area contributed by atoms with Crippen molar-refractivity contribution in [2.24, 2.45) is 0 Å². The van der Waals surface area contributed by atoms with Gasteiger partial charge in [0, 0.05) is 5.69 Å². The predicted molar refractivity (Wildman–Crippen MR) is 112 cm³/mol. The Hall–Kier alpha value is -3.67. The van der Waals surface area contributed by atoms with E-state index in [1.807, 2.05) is 32.0 Å². The van der Waals surface area contributed by atoms with Gasteiger partial charge in [0.25, 0.3) is 5.91 Å². The van der Waals surface area contributed by atoms with E-state index in [9.17, 15) is 14.0 Å². The molecule has 0 bridgehead atoms.